The van der Waals surface area contributed by atoms with E-state index in [1.54, 1.807) is 0 Å². The maximum Gasteiger partial charge on any atom is 0.366 e. The molecule has 2 heterocycles. The minimum Gasteiger partial charge on any atom is -0.465 e. The van der Waals surface area contributed by atoms with Crippen LogP contribution >= 0.6 is 0 Å². The lowest BCUT2D eigenvalue weighted by Gasteiger charge is -2.51. The summed E-state index contributed by atoms with van der Waals surface area (Å²) in [5, 5.41) is 14.1. The number of nitrogens with zero attached hydrogens (tertiary/aromatic N) is 1. The predicted molar refractivity (Wildman–Crippen MR) is 121 cm³/mol. The van der Waals surface area contributed by atoms with E-state index in [0.29, 0.717) is 13.1 Å². The van der Waals surface area contributed by atoms with Gasteiger partial charge in [-0.15, -0.1) is 0 Å². The molecule has 13 heteroatoms. The average Bonchev–Trinajstić information content (AvgIpc) is 2.80. The van der Waals surface area contributed by atoms with Crippen LogP contribution in [0.2, 0.25) is 0 Å². The second-order valence-corrected chi connectivity index (χ2v) is 8.98. The first-order valence-corrected chi connectivity index (χ1v) is 11.9. The van der Waals surface area contributed by atoms with Gasteiger partial charge in [0.2, 0.25) is 5.91 Å². The van der Waals surface area contributed by atoms with Gasteiger partial charge in [0.25, 0.3) is 5.79 Å². The van der Waals surface area contributed by atoms with E-state index in [0.717, 1.165) is 47.1 Å². The topological polar surface area (TPSA) is 167 Å². The van der Waals surface area contributed by atoms with E-state index in [-0.39, 0.29) is 6.42 Å². The van der Waals surface area contributed by atoms with Crippen LogP contribution in [0.3, 0.4) is 0 Å². The number of hydrogen-bond acceptors (Lipinski definition) is 12. The lowest BCUT2D eigenvalue weighted by Crippen LogP contribution is -2.71. The Kier molecular flexibility index (Phi) is 10.6. The Hall–Kier alpha value is -2.77. The SMILES string of the molecule is COC(=O)[C@]1(O)C[C@H](N2CCCCC2)[C@@H](NC(C)=O)[C@H]([C@@H](OC(C)=O)[C@@H](COC(C)=O)OC(C)=O)O1. The number of nitrogens with one attached hydrogen (secondary N) is 1. The van der Waals surface area contributed by atoms with Gasteiger partial charge in [-0.3, -0.25) is 24.1 Å². The summed E-state index contributed by atoms with van der Waals surface area (Å²) < 4.78 is 26.4. The van der Waals surface area contributed by atoms with E-state index >= 15 is 0 Å². The molecule has 0 saturated carbocycles. The summed E-state index contributed by atoms with van der Waals surface area (Å²) in [4.78, 5) is 62.4. The van der Waals surface area contributed by atoms with E-state index in [1.807, 2.05) is 4.90 Å². The van der Waals surface area contributed by atoms with Gasteiger partial charge in [-0.1, -0.05) is 6.42 Å². The molecule has 2 N–H and O–H groups in total. The number of methoxy groups -OCH3 is 1. The molecule has 0 spiro atoms. The fourth-order valence-electron chi connectivity index (χ4n) is 4.71. The molecule has 0 radical (unpaired) electrons. The fourth-order valence-corrected chi connectivity index (χ4v) is 4.71. The predicted octanol–water partition coefficient (Wildman–Crippen LogP) is -0.577. The number of ether oxygens (including phenoxy) is 5. The van der Waals surface area contributed by atoms with Crippen molar-refractivity contribution in [1.29, 1.82) is 0 Å². The molecule has 0 bridgehead atoms. The minimum absolute atomic E-state index is 0.240. The van der Waals surface area contributed by atoms with Crippen molar-refractivity contribution in [2.75, 3.05) is 26.8 Å². The lowest BCUT2D eigenvalue weighted by molar-refractivity contribution is -0.293. The van der Waals surface area contributed by atoms with E-state index in [1.165, 1.54) is 6.92 Å². The number of piperidine rings is 1. The Balaban J connectivity index is 2.61. The molecule has 6 atom stereocenters. The summed E-state index contributed by atoms with van der Waals surface area (Å²) in [6, 6.07) is -1.55. The van der Waals surface area contributed by atoms with Gasteiger partial charge in [0, 0.05) is 40.2 Å². The summed E-state index contributed by atoms with van der Waals surface area (Å²) >= 11 is 0. The van der Waals surface area contributed by atoms with Crippen molar-refractivity contribution in [1.82, 2.24) is 10.2 Å². The normalized spacial score (nSPS) is 28.2. The molecule has 36 heavy (non-hydrogen) atoms. The first kappa shape index (κ1) is 29.5. The van der Waals surface area contributed by atoms with E-state index in [9.17, 15) is 29.1 Å². The Labute approximate surface area is 209 Å². The first-order chi connectivity index (χ1) is 16.9. The highest BCUT2D eigenvalue weighted by atomic mass is 16.7. The number of amides is 1. The van der Waals surface area contributed by atoms with Crippen LogP contribution in [0, 0.1) is 0 Å². The standard InChI is InChI=1S/C23H36N2O11/c1-13(26)24-19-17(25-9-7-6-8-10-25)11-23(31,22(30)32-5)36-21(19)20(35-16(4)29)18(34-15(3)28)12-33-14(2)27/h17-21,31H,6-12H2,1-5H3,(H,24,26)/t17-,18+,19+,20-,21+,23-/m0/s1. The first-order valence-electron chi connectivity index (χ1n) is 11.9. The van der Waals surface area contributed by atoms with E-state index in [4.69, 9.17) is 23.7 Å². The molecule has 1 amide bonds. The monoisotopic (exact) mass is 516 g/mol. The summed E-state index contributed by atoms with van der Waals surface area (Å²) in [5.74, 6) is -6.24. The number of hydrogen-bond donors (Lipinski definition) is 2. The molecule has 0 aromatic heterocycles. The zero-order valence-corrected chi connectivity index (χ0v) is 21.3. The van der Waals surface area contributed by atoms with E-state index < -0.39 is 72.6 Å². The molecule has 13 nitrogen and oxygen atoms in total. The Bertz CT molecular complexity index is 829. The second kappa shape index (κ2) is 13.0. The van der Waals surface area contributed by atoms with Gasteiger partial charge in [0.05, 0.1) is 13.2 Å². The quantitative estimate of drug-likeness (QED) is 0.296. The minimum atomic E-state index is -2.46. The van der Waals surface area contributed by atoms with Crippen LogP contribution in [0.5, 0.6) is 0 Å². The van der Waals surface area contributed by atoms with Crippen LogP contribution in [0.1, 0.15) is 53.4 Å². The van der Waals surface area contributed by atoms with Gasteiger partial charge in [0.15, 0.2) is 12.2 Å². The molecular formula is C23H36N2O11. The van der Waals surface area contributed by atoms with Crippen LogP contribution in [-0.4, -0.2) is 103 Å². The van der Waals surface area contributed by atoms with Crippen LogP contribution in [0.15, 0.2) is 0 Å². The fraction of sp³-hybridized carbons (Fsp3) is 0.783. The molecular weight excluding hydrogens is 480 g/mol. The third kappa shape index (κ3) is 7.87. The molecule has 0 unspecified atom stereocenters. The number of carbonyl (C=O) groups excluding carboxylic acids is 5. The van der Waals surface area contributed by atoms with Gasteiger partial charge >= 0.3 is 23.9 Å². The van der Waals surface area contributed by atoms with Crippen molar-refractivity contribution < 1.29 is 52.8 Å². The third-order valence-electron chi connectivity index (χ3n) is 6.08. The molecule has 2 saturated heterocycles. The number of aliphatic hydroxyl groups is 1. The molecule has 0 aliphatic carbocycles. The number of esters is 4. The van der Waals surface area contributed by atoms with Gasteiger partial charge in [-0.2, -0.15) is 0 Å². The zero-order valence-electron chi connectivity index (χ0n) is 21.3. The maximum atomic E-state index is 12.6. The molecule has 2 fully saturated rings. The Morgan fingerprint density at radius 1 is 1.00 bits per heavy atom. The van der Waals surface area contributed by atoms with Gasteiger partial charge < -0.3 is 34.1 Å². The average molecular weight is 517 g/mol. The van der Waals surface area contributed by atoms with Crippen LogP contribution in [-0.2, 0) is 47.7 Å². The Morgan fingerprint density at radius 3 is 2.11 bits per heavy atom. The summed E-state index contributed by atoms with van der Waals surface area (Å²) in [6.45, 7) is 5.40. The summed E-state index contributed by atoms with van der Waals surface area (Å²) in [7, 11) is 1.08. The summed E-state index contributed by atoms with van der Waals surface area (Å²) in [6.07, 6.45) is -1.77. The number of rotatable bonds is 9. The number of carbonyl (C=O) groups is 5. The van der Waals surface area contributed by atoms with Crippen LogP contribution < -0.4 is 5.32 Å². The Morgan fingerprint density at radius 2 is 1.61 bits per heavy atom. The zero-order chi connectivity index (χ0) is 27.0. The van der Waals surface area contributed by atoms with Gasteiger partial charge in [0.1, 0.15) is 12.7 Å². The van der Waals surface area contributed by atoms with Gasteiger partial charge in [-0.25, -0.2) is 4.79 Å². The van der Waals surface area contributed by atoms with E-state index in [2.05, 4.69) is 5.32 Å². The van der Waals surface area contributed by atoms with Crippen molar-refractivity contribution >= 4 is 29.8 Å². The largest absolute Gasteiger partial charge is 0.465 e. The highest BCUT2D eigenvalue weighted by Crippen LogP contribution is 2.36. The smallest absolute Gasteiger partial charge is 0.366 e. The molecule has 0 aromatic rings. The van der Waals surface area contributed by atoms with Crippen molar-refractivity contribution in [3.8, 4) is 0 Å². The van der Waals surface area contributed by atoms with Crippen molar-refractivity contribution in [2.45, 2.75) is 89.6 Å². The van der Waals surface area contributed by atoms with Crippen LogP contribution in [0.25, 0.3) is 0 Å². The molecule has 2 aliphatic heterocycles. The highest BCUT2D eigenvalue weighted by molar-refractivity contribution is 5.78. The molecule has 2 rings (SSSR count). The highest BCUT2D eigenvalue weighted by Gasteiger charge is 2.57. The second-order valence-electron chi connectivity index (χ2n) is 8.98. The lowest BCUT2D eigenvalue weighted by atomic mass is 9.84. The van der Waals surface area contributed by atoms with Crippen molar-refractivity contribution in [3.05, 3.63) is 0 Å². The molecule has 204 valence electrons. The molecule has 0 aromatic carbocycles. The third-order valence-corrected chi connectivity index (χ3v) is 6.08. The molecule has 2 aliphatic rings. The summed E-state index contributed by atoms with van der Waals surface area (Å²) in [5.41, 5.74) is 0. The van der Waals surface area contributed by atoms with Crippen LogP contribution in [0.4, 0.5) is 0 Å². The van der Waals surface area contributed by atoms with Crippen molar-refractivity contribution in [3.63, 3.8) is 0 Å². The van der Waals surface area contributed by atoms with Gasteiger partial charge in [-0.05, 0) is 25.9 Å². The number of likely N-dealkylation sites (tertiary alicyclic amines) is 1. The van der Waals surface area contributed by atoms with Crippen molar-refractivity contribution in [2.24, 2.45) is 0 Å². The maximum absolute atomic E-state index is 12.6.